The Balaban J connectivity index is 0.00000480. The molecule has 0 heterocycles. The number of ether oxygens (including phenoxy) is 1. The van der Waals surface area contributed by atoms with Gasteiger partial charge in [0.1, 0.15) is 5.75 Å². The molecule has 1 amide bonds. The lowest BCUT2D eigenvalue weighted by Gasteiger charge is -2.13. The number of aryl methyl sites for hydroxylation is 1. The summed E-state index contributed by atoms with van der Waals surface area (Å²) in [6.45, 7) is 5.19. The number of rotatable bonds is 9. The number of carbonyl (C=O) groups excluding carboxylic acids is 1. The summed E-state index contributed by atoms with van der Waals surface area (Å²) in [5.41, 5.74) is 7.68. The number of guanidine groups is 1. The predicted molar refractivity (Wildman–Crippen MR) is 132 cm³/mol. The molecule has 0 saturated carbocycles. The van der Waals surface area contributed by atoms with Gasteiger partial charge in [-0.3, -0.25) is 4.79 Å². The maximum atomic E-state index is 11.8. The largest absolute Gasteiger partial charge is 0.484 e. The van der Waals surface area contributed by atoms with Crippen LogP contribution in [-0.2, 0) is 27.7 Å². The van der Waals surface area contributed by atoms with Crippen molar-refractivity contribution >= 4 is 45.7 Å². The first-order valence-electron chi connectivity index (χ1n) is 9.51. The molecular weight excluding hydrogens is 531 g/mol. The van der Waals surface area contributed by atoms with E-state index in [1.807, 2.05) is 31.2 Å². The molecule has 0 atom stereocenters. The van der Waals surface area contributed by atoms with E-state index in [0.717, 1.165) is 11.1 Å². The first-order chi connectivity index (χ1) is 14.2. The maximum Gasteiger partial charge on any atom is 0.255 e. The molecule has 0 bridgehead atoms. The molecule has 0 spiro atoms. The van der Waals surface area contributed by atoms with Crippen molar-refractivity contribution in [3.05, 3.63) is 59.2 Å². The van der Waals surface area contributed by atoms with Crippen LogP contribution in [0.2, 0.25) is 0 Å². The number of halogens is 1. The van der Waals surface area contributed by atoms with Crippen molar-refractivity contribution in [2.45, 2.75) is 31.8 Å². The van der Waals surface area contributed by atoms with Crippen molar-refractivity contribution in [3.63, 3.8) is 0 Å². The molecule has 0 aromatic heterocycles. The minimum Gasteiger partial charge on any atom is -0.484 e. The number of hydrogen-bond acceptors (Lipinski definition) is 5. The number of nitrogens with two attached hydrogens (primary N) is 1. The van der Waals surface area contributed by atoms with E-state index in [4.69, 9.17) is 10.5 Å². The van der Waals surface area contributed by atoms with Gasteiger partial charge in [-0.25, -0.2) is 13.4 Å². The number of benzene rings is 2. The number of sulfone groups is 1. The van der Waals surface area contributed by atoms with Crippen molar-refractivity contribution in [3.8, 4) is 5.75 Å². The van der Waals surface area contributed by atoms with Gasteiger partial charge in [0.2, 0.25) is 0 Å². The van der Waals surface area contributed by atoms with Crippen LogP contribution in [0.4, 0.5) is 0 Å². The molecule has 0 saturated heterocycles. The SMILES string of the molecule is CCNC(=NCc1cccc(OCC(N)=O)c1)NCc1ccc(S(C)(=O)=O)c(C)c1.I. The smallest absolute Gasteiger partial charge is 0.255 e. The van der Waals surface area contributed by atoms with Gasteiger partial charge in [0, 0.05) is 19.3 Å². The Morgan fingerprint density at radius 1 is 1.13 bits per heavy atom. The van der Waals surface area contributed by atoms with E-state index in [-0.39, 0.29) is 30.6 Å². The van der Waals surface area contributed by atoms with E-state index in [2.05, 4.69) is 15.6 Å². The highest BCUT2D eigenvalue weighted by Gasteiger charge is 2.11. The third-order valence-electron chi connectivity index (χ3n) is 4.14. The average molecular weight is 560 g/mol. The van der Waals surface area contributed by atoms with Crippen LogP contribution >= 0.6 is 24.0 Å². The zero-order chi connectivity index (χ0) is 22.1. The van der Waals surface area contributed by atoms with E-state index in [0.29, 0.717) is 41.8 Å². The van der Waals surface area contributed by atoms with Crippen LogP contribution in [0.1, 0.15) is 23.6 Å². The highest BCUT2D eigenvalue weighted by molar-refractivity contribution is 14.0. The van der Waals surface area contributed by atoms with Crippen molar-refractivity contribution in [2.75, 3.05) is 19.4 Å². The molecular formula is C21H29IN4O4S. The summed E-state index contributed by atoms with van der Waals surface area (Å²) in [7, 11) is -3.23. The molecule has 0 fully saturated rings. The van der Waals surface area contributed by atoms with Gasteiger partial charge in [-0.1, -0.05) is 24.3 Å². The lowest BCUT2D eigenvalue weighted by molar-refractivity contribution is -0.119. The molecule has 2 aromatic carbocycles. The molecule has 2 aromatic rings. The second-order valence-electron chi connectivity index (χ2n) is 6.82. The predicted octanol–water partition coefficient (Wildman–Crippen LogP) is 2.14. The first kappa shape index (κ1) is 26.7. The average Bonchev–Trinajstić information content (AvgIpc) is 2.68. The zero-order valence-corrected chi connectivity index (χ0v) is 21.0. The number of hydrogen-bond donors (Lipinski definition) is 3. The zero-order valence-electron chi connectivity index (χ0n) is 17.8. The van der Waals surface area contributed by atoms with Crippen LogP contribution in [0.25, 0.3) is 0 Å². The third kappa shape index (κ3) is 9.13. The third-order valence-corrected chi connectivity index (χ3v) is 5.40. The molecule has 0 aliphatic rings. The molecule has 0 radical (unpaired) electrons. The number of aliphatic imine (C=N–C) groups is 1. The fourth-order valence-electron chi connectivity index (χ4n) is 2.82. The Morgan fingerprint density at radius 2 is 1.87 bits per heavy atom. The standard InChI is InChI=1S/C21H28N4O4S.HI/c1-4-23-21(24-12-16-6-5-7-18(11-16)29-14-20(22)26)25-13-17-8-9-19(15(2)10-17)30(3,27)28;/h5-11H,4,12-14H2,1-3H3,(H2,22,26)(H2,23,24,25);1H. The van der Waals surface area contributed by atoms with Gasteiger partial charge in [-0.15, -0.1) is 24.0 Å². The van der Waals surface area contributed by atoms with Gasteiger partial charge in [0.15, 0.2) is 22.4 Å². The van der Waals surface area contributed by atoms with Crippen molar-refractivity contribution in [1.82, 2.24) is 10.6 Å². The molecule has 8 nitrogen and oxygen atoms in total. The van der Waals surface area contributed by atoms with Crippen LogP contribution in [-0.4, -0.2) is 39.7 Å². The highest BCUT2D eigenvalue weighted by atomic mass is 127. The van der Waals surface area contributed by atoms with Crippen LogP contribution < -0.4 is 21.1 Å². The number of nitrogens with one attached hydrogen (secondary N) is 2. The maximum absolute atomic E-state index is 11.8. The van der Waals surface area contributed by atoms with Crippen LogP contribution in [0, 0.1) is 6.92 Å². The molecule has 0 aliphatic carbocycles. The molecule has 0 aliphatic heterocycles. The normalized spacial score (nSPS) is 11.4. The fraction of sp³-hybridized carbons (Fsp3) is 0.333. The van der Waals surface area contributed by atoms with Crippen LogP contribution in [0.5, 0.6) is 5.75 Å². The summed E-state index contributed by atoms with van der Waals surface area (Å²) >= 11 is 0. The Kier molecular flexibility index (Phi) is 10.8. The Bertz CT molecular complexity index is 1030. The Hall–Kier alpha value is -2.34. The lowest BCUT2D eigenvalue weighted by Crippen LogP contribution is -2.36. The minimum absolute atomic E-state index is 0. The van der Waals surface area contributed by atoms with Crippen LogP contribution in [0.15, 0.2) is 52.4 Å². The number of nitrogens with zero attached hydrogens (tertiary/aromatic N) is 1. The van der Waals surface area contributed by atoms with Crippen LogP contribution in [0.3, 0.4) is 0 Å². The number of carbonyl (C=O) groups is 1. The highest BCUT2D eigenvalue weighted by Crippen LogP contribution is 2.17. The molecule has 0 unspecified atom stereocenters. The molecule has 2 rings (SSSR count). The fourth-order valence-corrected chi connectivity index (χ4v) is 3.78. The molecule has 4 N–H and O–H groups in total. The Morgan fingerprint density at radius 3 is 2.48 bits per heavy atom. The first-order valence-corrected chi connectivity index (χ1v) is 11.4. The summed E-state index contributed by atoms with van der Waals surface area (Å²) in [6, 6.07) is 12.6. The van der Waals surface area contributed by atoms with Gasteiger partial charge < -0.3 is 21.1 Å². The van der Waals surface area contributed by atoms with Gasteiger partial charge in [0.05, 0.1) is 11.4 Å². The van der Waals surface area contributed by atoms with Crippen molar-refractivity contribution < 1.29 is 17.9 Å². The lowest BCUT2D eigenvalue weighted by atomic mass is 10.1. The van der Waals surface area contributed by atoms with Gasteiger partial charge in [-0.05, 0) is 48.7 Å². The summed E-state index contributed by atoms with van der Waals surface area (Å²) in [5, 5.41) is 6.42. The van der Waals surface area contributed by atoms with E-state index in [1.165, 1.54) is 6.26 Å². The van der Waals surface area contributed by atoms with Gasteiger partial charge in [-0.2, -0.15) is 0 Å². The number of primary amides is 1. The monoisotopic (exact) mass is 560 g/mol. The molecule has 10 heteroatoms. The van der Waals surface area contributed by atoms with E-state index in [9.17, 15) is 13.2 Å². The summed E-state index contributed by atoms with van der Waals surface area (Å²) in [5.74, 6) is 0.656. The topological polar surface area (TPSA) is 123 Å². The molecule has 170 valence electrons. The second-order valence-corrected chi connectivity index (χ2v) is 8.81. The van der Waals surface area contributed by atoms with E-state index >= 15 is 0 Å². The minimum atomic E-state index is -3.23. The summed E-state index contributed by atoms with van der Waals surface area (Å²) < 4.78 is 28.8. The van der Waals surface area contributed by atoms with Crippen molar-refractivity contribution in [2.24, 2.45) is 10.7 Å². The van der Waals surface area contributed by atoms with Gasteiger partial charge in [0.25, 0.3) is 5.91 Å². The van der Waals surface area contributed by atoms with Gasteiger partial charge >= 0.3 is 0 Å². The quantitative estimate of drug-likeness (QED) is 0.246. The summed E-state index contributed by atoms with van der Waals surface area (Å²) in [6.07, 6.45) is 1.21. The van der Waals surface area contributed by atoms with Crippen molar-refractivity contribution in [1.29, 1.82) is 0 Å². The summed E-state index contributed by atoms with van der Waals surface area (Å²) in [4.78, 5) is 15.8. The Labute approximate surface area is 200 Å². The van der Waals surface area contributed by atoms with E-state index in [1.54, 1.807) is 25.1 Å². The molecule has 31 heavy (non-hydrogen) atoms. The second kappa shape index (κ2) is 12.5. The van der Waals surface area contributed by atoms with E-state index < -0.39 is 15.7 Å². The number of amides is 1.